The molecular formula is C18H23NO2S2. The topological polar surface area (TPSA) is 46.2 Å². The minimum Gasteiger partial charge on any atom is -0.355 e. The Balaban J connectivity index is 1.85. The summed E-state index contributed by atoms with van der Waals surface area (Å²) in [6.07, 6.45) is 0.819. The Kier molecular flexibility index (Phi) is 6.54. The molecule has 0 radical (unpaired) electrons. The molecule has 2 aromatic rings. The van der Waals surface area contributed by atoms with Crippen LogP contribution in [-0.4, -0.2) is 21.9 Å². The van der Waals surface area contributed by atoms with Gasteiger partial charge in [0, 0.05) is 28.0 Å². The molecule has 1 heterocycles. The number of thiophene rings is 1. The second-order valence-corrected chi connectivity index (χ2v) is 8.51. The maximum Gasteiger partial charge on any atom is 0.235 e. The van der Waals surface area contributed by atoms with Crippen LogP contribution in [0.25, 0.3) is 0 Å². The van der Waals surface area contributed by atoms with E-state index in [-0.39, 0.29) is 5.91 Å². The van der Waals surface area contributed by atoms with Gasteiger partial charge in [-0.1, -0.05) is 29.8 Å². The molecule has 1 amide bonds. The second kappa shape index (κ2) is 8.41. The van der Waals surface area contributed by atoms with E-state index < -0.39 is 16.0 Å². The molecule has 3 nitrogen and oxygen atoms in total. The molecule has 0 bridgehead atoms. The van der Waals surface area contributed by atoms with Crippen LogP contribution in [0.15, 0.2) is 35.7 Å². The lowest BCUT2D eigenvalue weighted by atomic mass is 10.1. The maximum absolute atomic E-state index is 12.5. The van der Waals surface area contributed by atoms with Crippen molar-refractivity contribution in [3.63, 3.8) is 0 Å². The highest BCUT2D eigenvalue weighted by Crippen LogP contribution is 2.15. The van der Waals surface area contributed by atoms with Crippen molar-refractivity contribution in [2.45, 2.75) is 38.2 Å². The number of nitrogens with one attached hydrogen (secondary N) is 1. The van der Waals surface area contributed by atoms with Crippen molar-refractivity contribution in [3.05, 3.63) is 57.3 Å². The predicted octanol–water partition coefficient (Wildman–Crippen LogP) is 3.36. The van der Waals surface area contributed by atoms with Crippen molar-refractivity contribution >= 4 is 28.0 Å². The van der Waals surface area contributed by atoms with Gasteiger partial charge in [-0.15, -0.1) is 11.3 Å². The van der Waals surface area contributed by atoms with Gasteiger partial charge < -0.3 is 5.32 Å². The molecule has 0 aliphatic rings. The fraction of sp³-hybridized carbons (Fsp3) is 0.389. The van der Waals surface area contributed by atoms with E-state index in [0.717, 1.165) is 23.1 Å². The van der Waals surface area contributed by atoms with Crippen molar-refractivity contribution in [3.8, 4) is 0 Å². The molecule has 0 unspecified atom stereocenters. The van der Waals surface area contributed by atoms with E-state index in [2.05, 4.69) is 17.4 Å². The van der Waals surface area contributed by atoms with E-state index in [1.807, 2.05) is 37.4 Å². The first-order valence-electron chi connectivity index (χ1n) is 7.71. The molecule has 1 aromatic carbocycles. The third-order valence-electron chi connectivity index (χ3n) is 3.82. The first-order chi connectivity index (χ1) is 11.0. The van der Waals surface area contributed by atoms with Crippen molar-refractivity contribution in [1.29, 1.82) is 0 Å². The second-order valence-electron chi connectivity index (χ2n) is 5.72. The highest BCUT2D eigenvalue weighted by molar-refractivity contribution is 7.85. The predicted molar refractivity (Wildman–Crippen MR) is 98.3 cm³/mol. The van der Waals surface area contributed by atoms with E-state index in [9.17, 15) is 9.00 Å². The van der Waals surface area contributed by atoms with E-state index in [0.29, 0.717) is 12.3 Å². The molecule has 1 N–H and O–H groups in total. The number of hydrogen-bond acceptors (Lipinski definition) is 3. The SMILES string of the molecule is Cc1ccc(C)c(C[S@@](=O)[C@H](C)C(=O)NCCc2cccs2)c1. The molecule has 23 heavy (non-hydrogen) atoms. The van der Waals surface area contributed by atoms with E-state index in [1.54, 1.807) is 18.3 Å². The molecule has 0 saturated heterocycles. The molecule has 0 aliphatic heterocycles. The average Bonchev–Trinajstić information content (AvgIpc) is 3.03. The fourth-order valence-corrected chi connectivity index (χ4v) is 4.16. The maximum atomic E-state index is 12.5. The van der Waals surface area contributed by atoms with Crippen molar-refractivity contribution in [2.75, 3.05) is 6.54 Å². The van der Waals surface area contributed by atoms with Crippen molar-refractivity contribution in [1.82, 2.24) is 5.32 Å². The lowest BCUT2D eigenvalue weighted by Crippen LogP contribution is -2.36. The molecule has 0 aliphatic carbocycles. The first kappa shape index (κ1) is 17.9. The molecule has 2 atom stereocenters. The van der Waals surface area contributed by atoms with E-state index in [4.69, 9.17) is 0 Å². The number of carbonyl (C=O) groups excluding carboxylic acids is 1. The molecule has 1 aromatic heterocycles. The molecule has 0 saturated carbocycles. The van der Waals surface area contributed by atoms with Crippen LogP contribution in [0.2, 0.25) is 0 Å². The third kappa shape index (κ3) is 5.29. The zero-order chi connectivity index (χ0) is 16.8. The Morgan fingerprint density at radius 3 is 2.78 bits per heavy atom. The molecule has 0 spiro atoms. The Bertz CT molecular complexity index is 680. The Hall–Kier alpha value is -1.46. The van der Waals surface area contributed by atoms with E-state index >= 15 is 0 Å². The summed E-state index contributed by atoms with van der Waals surface area (Å²) >= 11 is 1.68. The van der Waals surface area contributed by atoms with Crippen LogP contribution < -0.4 is 5.32 Å². The molecule has 5 heteroatoms. The number of carbonyl (C=O) groups is 1. The summed E-state index contributed by atoms with van der Waals surface area (Å²) in [5.41, 5.74) is 3.33. The first-order valence-corrected chi connectivity index (χ1v) is 9.97. The highest BCUT2D eigenvalue weighted by Gasteiger charge is 2.20. The van der Waals surface area contributed by atoms with Crippen LogP contribution in [0, 0.1) is 13.8 Å². The molecule has 124 valence electrons. The zero-order valence-electron chi connectivity index (χ0n) is 13.8. The summed E-state index contributed by atoms with van der Waals surface area (Å²) in [6.45, 7) is 6.36. The minimum absolute atomic E-state index is 0.134. The largest absolute Gasteiger partial charge is 0.355 e. The number of hydrogen-bond donors (Lipinski definition) is 1. The highest BCUT2D eigenvalue weighted by atomic mass is 32.2. The van der Waals surface area contributed by atoms with Gasteiger partial charge in [-0.2, -0.15) is 0 Å². The van der Waals surface area contributed by atoms with Gasteiger partial charge in [0.1, 0.15) is 5.25 Å². The van der Waals surface area contributed by atoms with Gasteiger partial charge in [-0.25, -0.2) is 0 Å². The fourth-order valence-electron chi connectivity index (χ4n) is 2.26. The van der Waals surface area contributed by atoms with Gasteiger partial charge in [0.25, 0.3) is 0 Å². The summed E-state index contributed by atoms with van der Waals surface area (Å²) < 4.78 is 12.5. The number of amides is 1. The van der Waals surface area contributed by atoms with Gasteiger partial charge in [0.05, 0.1) is 0 Å². The van der Waals surface area contributed by atoms with Crippen LogP contribution in [0.3, 0.4) is 0 Å². The van der Waals surface area contributed by atoms with Crippen LogP contribution in [0.5, 0.6) is 0 Å². The number of rotatable bonds is 7. The quantitative estimate of drug-likeness (QED) is 0.833. The summed E-state index contributed by atoms with van der Waals surface area (Å²) in [4.78, 5) is 13.4. The van der Waals surface area contributed by atoms with Crippen molar-refractivity contribution < 1.29 is 9.00 Å². The number of aryl methyl sites for hydroxylation is 2. The van der Waals surface area contributed by atoms with Gasteiger partial charge in [0.15, 0.2) is 0 Å². The summed E-state index contributed by atoms with van der Waals surface area (Å²) in [5, 5.41) is 4.41. The Morgan fingerprint density at radius 1 is 1.30 bits per heavy atom. The van der Waals surface area contributed by atoms with Gasteiger partial charge in [-0.3, -0.25) is 9.00 Å². The average molecular weight is 350 g/mol. The normalized spacial score (nSPS) is 13.5. The van der Waals surface area contributed by atoms with Gasteiger partial charge in [0.2, 0.25) is 5.91 Å². The summed E-state index contributed by atoms with van der Waals surface area (Å²) in [5.74, 6) is 0.290. The third-order valence-corrected chi connectivity index (χ3v) is 6.35. The lowest BCUT2D eigenvalue weighted by molar-refractivity contribution is -0.120. The molecule has 2 rings (SSSR count). The standard InChI is InChI=1S/C18H23NO2S2/c1-13-6-7-14(2)16(11-13)12-23(21)15(3)18(20)19-9-8-17-5-4-10-22-17/h4-7,10-11,15H,8-9,12H2,1-3H3,(H,19,20)/t15-,23-/m1/s1. The van der Waals surface area contributed by atoms with Crippen LogP contribution in [-0.2, 0) is 27.8 Å². The van der Waals surface area contributed by atoms with Crippen LogP contribution in [0.1, 0.15) is 28.5 Å². The van der Waals surface area contributed by atoms with E-state index in [1.165, 1.54) is 4.88 Å². The Morgan fingerprint density at radius 2 is 2.09 bits per heavy atom. The zero-order valence-corrected chi connectivity index (χ0v) is 15.4. The monoisotopic (exact) mass is 349 g/mol. The van der Waals surface area contributed by atoms with Crippen molar-refractivity contribution in [2.24, 2.45) is 0 Å². The smallest absolute Gasteiger partial charge is 0.235 e. The Labute approximate surface area is 144 Å². The molecular weight excluding hydrogens is 326 g/mol. The summed E-state index contributed by atoms with van der Waals surface area (Å²) in [7, 11) is -1.21. The van der Waals surface area contributed by atoms with Gasteiger partial charge in [-0.05, 0) is 49.8 Å². The van der Waals surface area contributed by atoms with Crippen LogP contribution in [0.4, 0.5) is 0 Å². The number of benzene rings is 1. The summed E-state index contributed by atoms with van der Waals surface area (Å²) in [6, 6.07) is 10.2. The van der Waals surface area contributed by atoms with Crippen LogP contribution >= 0.6 is 11.3 Å². The molecule has 0 fully saturated rings. The lowest BCUT2D eigenvalue weighted by Gasteiger charge is -2.13. The minimum atomic E-state index is -1.21. The van der Waals surface area contributed by atoms with Gasteiger partial charge >= 0.3 is 0 Å².